The largest absolute Gasteiger partial charge is 0.507 e. The van der Waals surface area contributed by atoms with E-state index < -0.39 is 17.5 Å². The van der Waals surface area contributed by atoms with Crippen LogP contribution in [0, 0.1) is 0 Å². The molecule has 1 aliphatic carbocycles. The van der Waals surface area contributed by atoms with Gasteiger partial charge in [-0.3, -0.25) is 9.59 Å². The molecule has 0 aliphatic heterocycles. The molecule has 3 aromatic carbocycles. The number of aromatic hydroxyl groups is 1. The topological polar surface area (TPSA) is 89.9 Å². The van der Waals surface area contributed by atoms with Crippen molar-refractivity contribution in [3.05, 3.63) is 82.4 Å². The van der Waals surface area contributed by atoms with E-state index in [9.17, 15) is 19.5 Å². The fraction of sp³-hybridized carbons (Fsp3) is 0.125. The van der Waals surface area contributed by atoms with Gasteiger partial charge in [0, 0.05) is 27.8 Å². The number of benzene rings is 3. The summed E-state index contributed by atoms with van der Waals surface area (Å²) in [7, 11) is 1.52. The van der Waals surface area contributed by atoms with Crippen molar-refractivity contribution in [1.29, 1.82) is 0 Å². The zero-order chi connectivity index (χ0) is 21.4. The fourth-order valence-electron chi connectivity index (χ4n) is 3.70. The lowest BCUT2D eigenvalue weighted by Gasteiger charge is -2.23. The summed E-state index contributed by atoms with van der Waals surface area (Å²) in [4.78, 5) is 39.2. The number of methoxy groups -OCH3 is 1. The van der Waals surface area contributed by atoms with E-state index >= 15 is 0 Å². The average Bonchev–Trinajstić information content (AvgIpc) is 2.77. The van der Waals surface area contributed by atoms with Crippen LogP contribution in [0.2, 0.25) is 0 Å². The smallest absolute Gasteiger partial charge is 0.342 e. The maximum absolute atomic E-state index is 13.4. The van der Waals surface area contributed by atoms with E-state index in [4.69, 9.17) is 9.47 Å². The number of rotatable bonds is 4. The van der Waals surface area contributed by atoms with Gasteiger partial charge in [-0.1, -0.05) is 36.4 Å². The van der Waals surface area contributed by atoms with Crippen LogP contribution in [0.25, 0.3) is 11.1 Å². The average molecular weight is 402 g/mol. The van der Waals surface area contributed by atoms with E-state index in [1.54, 1.807) is 55.5 Å². The molecular weight excluding hydrogens is 384 g/mol. The van der Waals surface area contributed by atoms with E-state index in [1.165, 1.54) is 13.2 Å². The molecule has 0 saturated heterocycles. The Morgan fingerprint density at radius 2 is 1.53 bits per heavy atom. The first-order valence-corrected chi connectivity index (χ1v) is 9.37. The van der Waals surface area contributed by atoms with Crippen molar-refractivity contribution >= 4 is 17.5 Å². The van der Waals surface area contributed by atoms with Crippen LogP contribution in [-0.4, -0.2) is 36.4 Å². The summed E-state index contributed by atoms with van der Waals surface area (Å²) < 4.78 is 10.3. The molecule has 0 heterocycles. The van der Waals surface area contributed by atoms with Crippen molar-refractivity contribution < 1.29 is 29.0 Å². The summed E-state index contributed by atoms with van der Waals surface area (Å²) in [5.41, 5.74) is 1.14. The van der Waals surface area contributed by atoms with Gasteiger partial charge in [0.25, 0.3) is 0 Å². The minimum atomic E-state index is -0.775. The second-order valence-electron chi connectivity index (χ2n) is 6.72. The lowest BCUT2D eigenvalue weighted by molar-refractivity contribution is 0.0523. The summed E-state index contributed by atoms with van der Waals surface area (Å²) >= 11 is 0. The van der Waals surface area contributed by atoms with Gasteiger partial charge in [-0.2, -0.15) is 0 Å². The molecule has 6 nitrogen and oxygen atoms in total. The molecule has 0 fully saturated rings. The predicted molar refractivity (Wildman–Crippen MR) is 109 cm³/mol. The van der Waals surface area contributed by atoms with Gasteiger partial charge in [-0.05, 0) is 30.7 Å². The van der Waals surface area contributed by atoms with Gasteiger partial charge >= 0.3 is 5.97 Å². The van der Waals surface area contributed by atoms with Crippen molar-refractivity contribution in [3.63, 3.8) is 0 Å². The van der Waals surface area contributed by atoms with E-state index in [-0.39, 0.29) is 45.8 Å². The molecular formula is C24H18O6. The Morgan fingerprint density at radius 1 is 0.900 bits per heavy atom. The van der Waals surface area contributed by atoms with Crippen molar-refractivity contribution in [2.45, 2.75) is 6.92 Å². The molecule has 3 aromatic rings. The zero-order valence-corrected chi connectivity index (χ0v) is 16.4. The Labute approximate surface area is 172 Å². The van der Waals surface area contributed by atoms with Crippen LogP contribution in [0.5, 0.6) is 11.5 Å². The molecule has 4 rings (SSSR count). The van der Waals surface area contributed by atoms with Gasteiger partial charge in [-0.25, -0.2) is 4.79 Å². The number of carbonyl (C=O) groups excluding carboxylic acids is 3. The minimum absolute atomic E-state index is 0.0510. The highest BCUT2D eigenvalue weighted by Crippen LogP contribution is 2.41. The summed E-state index contributed by atoms with van der Waals surface area (Å²) in [6.45, 7) is 1.73. The summed E-state index contributed by atoms with van der Waals surface area (Å²) in [5, 5.41) is 10.7. The number of esters is 1. The quantitative estimate of drug-likeness (QED) is 0.519. The first-order chi connectivity index (χ1) is 14.5. The molecule has 0 bridgehead atoms. The maximum Gasteiger partial charge on any atom is 0.342 e. The summed E-state index contributed by atoms with van der Waals surface area (Å²) in [6, 6.07) is 14.3. The first-order valence-electron chi connectivity index (χ1n) is 9.37. The third-order valence-electron chi connectivity index (χ3n) is 5.05. The number of fused-ring (bicyclic) bond motifs is 2. The zero-order valence-electron chi connectivity index (χ0n) is 16.4. The van der Waals surface area contributed by atoms with Crippen molar-refractivity contribution in [2.75, 3.05) is 13.7 Å². The maximum atomic E-state index is 13.4. The van der Waals surface area contributed by atoms with Crippen LogP contribution in [0.1, 0.15) is 49.1 Å². The number of phenolic OH excluding ortho intramolecular Hbond substituents is 1. The molecule has 0 aromatic heterocycles. The van der Waals surface area contributed by atoms with Crippen LogP contribution in [-0.2, 0) is 4.74 Å². The number of hydrogen-bond donors (Lipinski definition) is 1. The van der Waals surface area contributed by atoms with Crippen LogP contribution in [0.15, 0.2) is 54.6 Å². The Balaban J connectivity index is 2.07. The van der Waals surface area contributed by atoms with Gasteiger partial charge in [0.05, 0.1) is 13.7 Å². The highest BCUT2D eigenvalue weighted by molar-refractivity contribution is 6.31. The molecule has 0 atom stereocenters. The molecule has 0 amide bonds. The Bertz CT molecular complexity index is 1190. The number of phenols is 1. The Hall–Kier alpha value is -3.93. The molecule has 0 saturated carbocycles. The second kappa shape index (κ2) is 7.48. The second-order valence-corrected chi connectivity index (χ2v) is 6.72. The van der Waals surface area contributed by atoms with Crippen LogP contribution in [0.3, 0.4) is 0 Å². The van der Waals surface area contributed by atoms with Crippen LogP contribution >= 0.6 is 0 Å². The number of ketones is 2. The lowest BCUT2D eigenvalue weighted by atomic mass is 9.78. The van der Waals surface area contributed by atoms with Gasteiger partial charge in [0.2, 0.25) is 0 Å². The third-order valence-corrected chi connectivity index (χ3v) is 5.05. The van der Waals surface area contributed by atoms with Gasteiger partial charge in [0.15, 0.2) is 11.6 Å². The van der Waals surface area contributed by atoms with Crippen LogP contribution < -0.4 is 4.74 Å². The molecule has 0 spiro atoms. The van der Waals surface area contributed by atoms with Gasteiger partial charge < -0.3 is 14.6 Å². The van der Waals surface area contributed by atoms with E-state index in [0.717, 1.165) is 0 Å². The molecule has 1 N–H and O–H groups in total. The standard InChI is InChI=1S/C24H18O6/c1-3-30-24(28)21-18(25)12-17-20(19(21)13-8-10-14(29-2)11-9-13)23(27)16-7-5-4-6-15(16)22(17)26/h4-12,25H,3H2,1-2H3. The number of carbonyl (C=O) groups is 3. The van der Waals surface area contributed by atoms with E-state index in [0.29, 0.717) is 11.3 Å². The predicted octanol–water partition coefficient (Wildman–Crippen LogP) is 4.02. The van der Waals surface area contributed by atoms with E-state index in [2.05, 4.69) is 0 Å². The molecule has 0 radical (unpaired) electrons. The molecule has 0 unspecified atom stereocenters. The SMILES string of the molecule is CCOC(=O)c1c(O)cc2c(c1-c1ccc(OC)cc1)C(=O)c1ccccc1C2=O. The van der Waals surface area contributed by atoms with Crippen molar-refractivity contribution in [3.8, 4) is 22.6 Å². The molecule has 1 aliphatic rings. The number of hydrogen-bond acceptors (Lipinski definition) is 6. The minimum Gasteiger partial charge on any atom is -0.507 e. The lowest BCUT2D eigenvalue weighted by Crippen LogP contribution is -2.23. The van der Waals surface area contributed by atoms with Crippen LogP contribution in [0.4, 0.5) is 0 Å². The molecule has 6 heteroatoms. The fourth-order valence-corrected chi connectivity index (χ4v) is 3.70. The highest BCUT2D eigenvalue weighted by Gasteiger charge is 2.36. The Kier molecular flexibility index (Phi) is 4.83. The van der Waals surface area contributed by atoms with Gasteiger partial charge in [-0.15, -0.1) is 0 Å². The number of ether oxygens (including phenoxy) is 2. The Morgan fingerprint density at radius 3 is 2.13 bits per heavy atom. The summed E-state index contributed by atoms with van der Waals surface area (Å²) in [6.07, 6.45) is 0. The third kappa shape index (κ3) is 2.93. The van der Waals surface area contributed by atoms with Crippen molar-refractivity contribution in [1.82, 2.24) is 0 Å². The summed E-state index contributed by atoms with van der Waals surface area (Å²) in [5.74, 6) is -1.39. The van der Waals surface area contributed by atoms with Crippen molar-refractivity contribution in [2.24, 2.45) is 0 Å². The van der Waals surface area contributed by atoms with Gasteiger partial charge in [0.1, 0.15) is 17.1 Å². The normalized spacial score (nSPS) is 12.2. The highest BCUT2D eigenvalue weighted by atomic mass is 16.5. The molecule has 150 valence electrons. The molecule has 30 heavy (non-hydrogen) atoms. The van der Waals surface area contributed by atoms with E-state index in [1.807, 2.05) is 0 Å². The monoisotopic (exact) mass is 402 g/mol. The first kappa shape index (κ1) is 19.4.